The Kier molecular flexibility index (Phi) is 6.33. The van der Waals surface area contributed by atoms with Gasteiger partial charge in [0.05, 0.1) is 33.9 Å². The molecular formula is C21H22N2O6S3. The molecule has 1 aliphatic heterocycles. The number of nitrogens with zero attached hydrogens (tertiary/aromatic N) is 2. The largest absolute Gasteiger partial charge is 0.431 e. The molecule has 2 aromatic carbocycles. The molecule has 170 valence electrons. The fourth-order valence-corrected chi connectivity index (χ4v) is 6.92. The fraction of sp³-hybridized carbons (Fsp3) is 0.333. The summed E-state index contributed by atoms with van der Waals surface area (Å²) in [4.78, 5) is 19.1. The molecule has 3 aromatic rings. The second kappa shape index (κ2) is 8.87. The van der Waals surface area contributed by atoms with Crippen LogP contribution in [0.4, 0.5) is 5.69 Å². The summed E-state index contributed by atoms with van der Waals surface area (Å²) in [6.45, 7) is 1.57. The topological polar surface area (TPSA) is 115 Å². The zero-order valence-corrected chi connectivity index (χ0v) is 19.7. The van der Waals surface area contributed by atoms with Gasteiger partial charge < -0.3 is 9.32 Å². The predicted octanol–water partition coefficient (Wildman–Crippen LogP) is 2.93. The Morgan fingerprint density at radius 1 is 1.22 bits per heavy atom. The van der Waals surface area contributed by atoms with E-state index < -0.39 is 25.7 Å². The lowest BCUT2D eigenvalue weighted by atomic mass is 10.2. The molecule has 2 heterocycles. The zero-order chi connectivity index (χ0) is 22.9. The number of oxazole rings is 1. The summed E-state index contributed by atoms with van der Waals surface area (Å²) in [5.41, 5.74) is 1.47. The van der Waals surface area contributed by atoms with E-state index >= 15 is 0 Å². The van der Waals surface area contributed by atoms with Gasteiger partial charge in [0.15, 0.2) is 25.3 Å². The Balaban J connectivity index is 1.53. The normalized spacial score (nSPS) is 18.1. The van der Waals surface area contributed by atoms with Gasteiger partial charge in [-0.05, 0) is 36.8 Å². The van der Waals surface area contributed by atoms with Crippen molar-refractivity contribution in [3.05, 3.63) is 48.5 Å². The molecule has 0 aliphatic carbocycles. The van der Waals surface area contributed by atoms with E-state index in [1.807, 2.05) is 6.07 Å². The third kappa shape index (κ3) is 4.84. The summed E-state index contributed by atoms with van der Waals surface area (Å²) in [7, 11) is -6.53. The highest BCUT2D eigenvalue weighted by molar-refractivity contribution is 7.99. The lowest BCUT2D eigenvalue weighted by Crippen LogP contribution is -2.42. The molecule has 8 nitrogen and oxygen atoms in total. The summed E-state index contributed by atoms with van der Waals surface area (Å²) in [6.07, 6.45) is 0.394. The van der Waals surface area contributed by atoms with E-state index in [9.17, 15) is 21.6 Å². The van der Waals surface area contributed by atoms with Crippen molar-refractivity contribution >= 4 is 54.1 Å². The number of anilines is 1. The minimum Gasteiger partial charge on any atom is -0.431 e. The summed E-state index contributed by atoms with van der Waals surface area (Å²) < 4.78 is 53.8. The number of amides is 1. The molecular weight excluding hydrogens is 472 g/mol. The molecule has 32 heavy (non-hydrogen) atoms. The van der Waals surface area contributed by atoms with Gasteiger partial charge in [0.2, 0.25) is 5.91 Å². The molecule has 0 bridgehead atoms. The number of fused-ring (bicyclic) bond motifs is 1. The number of thioether (sulfide) groups is 1. The first-order valence-electron chi connectivity index (χ1n) is 10.0. The van der Waals surface area contributed by atoms with Crippen molar-refractivity contribution in [3.8, 4) is 0 Å². The summed E-state index contributed by atoms with van der Waals surface area (Å²) >= 11 is 1.09. The van der Waals surface area contributed by atoms with Crippen molar-refractivity contribution in [2.24, 2.45) is 0 Å². The monoisotopic (exact) mass is 494 g/mol. The third-order valence-corrected chi connectivity index (χ3v) is 9.57. The van der Waals surface area contributed by atoms with Crippen LogP contribution in [0.5, 0.6) is 0 Å². The van der Waals surface area contributed by atoms with E-state index in [4.69, 9.17) is 4.42 Å². The average molecular weight is 495 g/mol. The maximum Gasteiger partial charge on any atom is 0.257 e. The number of carbonyl (C=O) groups is 1. The average Bonchev–Trinajstić information content (AvgIpc) is 3.35. The number of para-hydroxylation sites is 1. The van der Waals surface area contributed by atoms with Crippen LogP contribution in [0.1, 0.15) is 13.3 Å². The molecule has 1 aromatic heterocycles. The lowest BCUT2D eigenvalue weighted by Gasteiger charge is -2.28. The maximum atomic E-state index is 13.1. The number of aromatic nitrogens is 1. The van der Waals surface area contributed by atoms with Crippen LogP contribution in [0.2, 0.25) is 0 Å². The van der Waals surface area contributed by atoms with E-state index in [1.165, 1.54) is 12.1 Å². The van der Waals surface area contributed by atoms with Gasteiger partial charge in [0.1, 0.15) is 5.52 Å². The van der Waals surface area contributed by atoms with Crippen molar-refractivity contribution in [1.29, 1.82) is 0 Å². The van der Waals surface area contributed by atoms with Crippen molar-refractivity contribution < 1.29 is 26.0 Å². The standard InChI is InChI=1S/C21H22N2O6S3/c1-2-32(27,28)17-8-9-19-18(12-17)22-21(29-19)30-13-20(24)23(15-6-4-3-5-7-15)16-10-11-31(25,26)14-16/h3-9,12,16H,2,10-11,13-14H2,1H3. The quantitative estimate of drug-likeness (QED) is 0.461. The van der Waals surface area contributed by atoms with E-state index in [1.54, 1.807) is 42.2 Å². The molecule has 1 unspecified atom stereocenters. The highest BCUT2D eigenvalue weighted by Gasteiger charge is 2.35. The Hall–Kier alpha value is -2.37. The summed E-state index contributed by atoms with van der Waals surface area (Å²) in [5.74, 6) is -0.262. The number of hydrogen-bond acceptors (Lipinski definition) is 8. The Morgan fingerprint density at radius 3 is 2.62 bits per heavy atom. The van der Waals surface area contributed by atoms with E-state index in [0.717, 1.165) is 11.8 Å². The predicted molar refractivity (Wildman–Crippen MR) is 123 cm³/mol. The minimum absolute atomic E-state index is 0.00161. The first kappa shape index (κ1) is 22.8. The molecule has 1 fully saturated rings. The second-order valence-corrected chi connectivity index (χ2v) is 12.9. The fourth-order valence-electron chi connectivity index (χ4n) is 3.63. The van der Waals surface area contributed by atoms with Gasteiger partial charge in [-0.25, -0.2) is 21.8 Å². The van der Waals surface area contributed by atoms with Crippen molar-refractivity contribution in [1.82, 2.24) is 4.98 Å². The van der Waals surface area contributed by atoms with Crippen LogP contribution in [0.15, 0.2) is 63.1 Å². The first-order chi connectivity index (χ1) is 15.2. The molecule has 1 aliphatic rings. The Labute approximate surface area is 190 Å². The minimum atomic E-state index is -3.37. The van der Waals surface area contributed by atoms with Crippen LogP contribution in [0.25, 0.3) is 11.1 Å². The number of rotatable bonds is 7. The van der Waals surface area contributed by atoms with Gasteiger partial charge in [-0.2, -0.15) is 0 Å². The number of hydrogen-bond donors (Lipinski definition) is 0. The Morgan fingerprint density at radius 2 is 1.97 bits per heavy atom. The molecule has 0 saturated carbocycles. The SMILES string of the molecule is CCS(=O)(=O)c1ccc2oc(SCC(=O)N(c3ccccc3)C3CCS(=O)(=O)C3)nc2c1. The van der Waals surface area contributed by atoms with Gasteiger partial charge in [-0.1, -0.05) is 36.9 Å². The van der Waals surface area contributed by atoms with Crippen LogP contribution in [0, 0.1) is 0 Å². The smallest absolute Gasteiger partial charge is 0.257 e. The number of carbonyl (C=O) groups excluding carboxylic acids is 1. The lowest BCUT2D eigenvalue weighted by molar-refractivity contribution is -0.116. The summed E-state index contributed by atoms with van der Waals surface area (Å²) in [5, 5.41) is 0.242. The van der Waals surface area contributed by atoms with Crippen LogP contribution >= 0.6 is 11.8 Å². The van der Waals surface area contributed by atoms with Crippen LogP contribution < -0.4 is 4.90 Å². The van der Waals surface area contributed by atoms with Crippen LogP contribution in [0.3, 0.4) is 0 Å². The van der Waals surface area contributed by atoms with Gasteiger partial charge in [-0.15, -0.1) is 0 Å². The van der Waals surface area contributed by atoms with Gasteiger partial charge in [-0.3, -0.25) is 4.79 Å². The molecule has 1 amide bonds. The number of sulfone groups is 2. The van der Waals surface area contributed by atoms with Gasteiger partial charge in [0, 0.05) is 5.69 Å². The molecule has 0 N–H and O–H groups in total. The number of benzene rings is 2. The van der Waals surface area contributed by atoms with E-state index in [-0.39, 0.29) is 39.0 Å². The Bertz CT molecular complexity index is 1350. The van der Waals surface area contributed by atoms with Gasteiger partial charge in [0.25, 0.3) is 5.22 Å². The van der Waals surface area contributed by atoms with Crippen molar-refractivity contribution in [3.63, 3.8) is 0 Å². The molecule has 11 heteroatoms. The molecule has 1 atom stereocenters. The van der Waals surface area contributed by atoms with Crippen LogP contribution in [-0.2, 0) is 24.5 Å². The van der Waals surface area contributed by atoms with E-state index in [2.05, 4.69) is 4.98 Å². The first-order valence-corrected chi connectivity index (χ1v) is 14.5. The highest BCUT2D eigenvalue weighted by Crippen LogP contribution is 2.29. The van der Waals surface area contributed by atoms with Crippen LogP contribution in [-0.4, -0.2) is 56.8 Å². The van der Waals surface area contributed by atoms with E-state index in [0.29, 0.717) is 23.2 Å². The van der Waals surface area contributed by atoms with Gasteiger partial charge >= 0.3 is 0 Å². The highest BCUT2D eigenvalue weighted by atomic mass is 32.2. The maximum absolute atomic E-state index is 13.1. The van der Waals surface area contributed by atoms with Crippen molar-refractivity contribution in [2.45, 2.75) is 29.5 Å². The zero-order valence-electron chi connectivity index (χ0n) is 17.3. The third-order valence-electron chi connectivity index (χ3n) is 5.27. The van der Waals surface area contributed by atoms with Crippen molar-refractivity contribution in [2.75, 3.05) is 27.9 Å². The molecule has 0 radical (unpaired) electrons. The molecule has 4 rings (SSSR count). The molecule has 1 saturated heterocycles. The second-order valence-electron chi connectivity index (χ2n) is 7.46. The molecule has 0 spiro atoms. The summed E-state index contributed by atoms with van der Waals surface area (Å²) in [6, 6.07) is 13.1.